The third-order valence-corrected chi connectivity index (χ3v) is 5.10. The van der Waals surface area contributed by atoms with Gasteiger partial charge in [0.1, 0.15) is 6.04 Å². The van der Waals surface area contributed by atoms with E-state index < -0.39 is 6.04 Å². The van der Waals surface area contributed by atoms with E-state index in [-0.39, 0.29) is 11.8 Å². The molecule has 3 aromatic carbocycles. The lowest BCUT2D eigenvalue weighted by atomic mass is 10.1. The molecule has 0 fully saturated rings. The van der Waals surface area contributed by atoms with Crippen LogP contribution in [0.25, 0.3) is 16.8 Å². The number of carbonyl (C=O) groups excluding carboxylic acids is 2. The molecule has 1 heterocycles. The molecule has 0 bridgehead atoms. The molecule has 0 spiro atoms. The summed E-state index contributed by atoms with van der Waals surface area (Å²) in [6.07, 6.45) is 6.56. The van der Waals surface area contributed by atoms with Gasteiger partial charge in [0.15, 0.2) is 0 Å². The molecular formula is C27H23N3O2. The van der Waals surface area contributed by atoms with E-state index in [9.17, 15) is 9.59 Å². The molecule has 1 aromatic heterocycles. The fraction of sp³-hybridized carbons (Fsp3) is 0.0741. The molecular weight excluding hydrogens is 398 g/mol. The lowest BCUT2D eigenvalue weighted by Gasteiger charge is -2.18. The summed E-state index contributed by atoms with van der Waals surface area (Å²) in [5.74, 6) is -0.619. The van der Waals surface area contributed by atoms with E-state index in [1.807, 2.05) is 84.9 Å². The first kappa shape index (κ1) is 21.0. The highest BCUT2D eigenvalue weighted by Gasteiger charge is 2.21. The molecule has 0 radical (unpaired) electrons. The Balaban J connectivity index is 1.46. The van der Waals surface area contributed by atoms with Gasteiger partial charge in [0, 0.05) is 25.0 Å². The van der Waals surface area contributed by atoms with Crippen LogP contribution in [0.1, 0.15) is 22.7 Å². The lowest BCUT2D eigenvalue weighted by Crippen LogP contribution is -2.39. The maximum atomic E-state index is 12.9. The Bertz CT molecular complexity index is 1240. The first-order valence-corrected chi connectivity index (χ1v) is 10.4. The number of rotatable bonds is 7. The Hall–Kier alpha value is -4.25. The fourth-order valence-corrected chi connectivity index (χ4v) is 3.41. The van der Waals surface area contributed by atoms with Gasteiger partial charge in [-0.05, 0) is 51.7 Å². The smallest absolute Gasteiger partial charge is 0.247 e. The number of fused-ring (bicyclic) bond motifs is 1. The van der Waals surface area contributed by atoms with E-state index in [1.54, 1.807) is 18.5 Å². The largest absolute Gasteiger partial charge is 0.350 e. The molecule has 4 aromatic rings. The molecule has 158 valence electrons. The minimum absolute atomic E-state index is 0.277. The van der Waals surface area contributed by atoms with Crippen molar-refractivity contribution < 1.29 is 9.59 Å². The van der Waals surface area contributed by atoms with Gasteiger partial charge in [-0.1, -0.05) is 66.7 Å². The minimum Gasteiger partial charge on any atom is -0.350 e. The van der Waals surface area contributed by atoms with Crippen molar-refractivity contribution in [3.63, 3.8) is 0 Å². The number of aromatic nitrogens is 1. The van der Waals surface area contributed by atoms with Crippen LogP contribution >= 0.6 is 0 Å². The molecule has 4 rings (SSSR count). The predicted octanol–water partition coefficient (Wildman–Crippen LogP) is 4.42. The topological polar surface area (TPSA) is 71.1 Å². The summed E-state index contributed by atoms with van der Waals surface area (Å²) < 4.78 is 0. The first-order chi connectivity index (χ1) is 15.7. The van der Waals surface area contributed by atoms with Crippen LogP contribution in [-0.2, 0) is 16.1 Å². The number of hydrogen-bond acceptors (Lipinski definition) is 3. The zero-order chi connectivity index (χ0) is 22.2. The highest BCUT2D eigenvalue weighted by Crippen LogP contribution is 2.17. The first-order valence-electron chi connectivity index (χ1n) is 10.4. The lowest BCUT2D eigenvalue weighted by molar-refractivity contribution is -0.127. The third-order valence-electron chi connectivity index (χ3n) is 5.10. The van der Waals surface area contributed by atoms with Gasteiger partial charge in [-0.3, -0.25) is 14.6 Å². The fourth-order valence-electron chi connectivity index (χ4n) is 3.41. The van der Waals surface area contributed by atoms with Crippen LogP contribution in [-0.4, -0.2) is 16.8 Å². The number of hydrogen-bond donors (Lipinski definition) is 2. The van der Waals surface area contributed by atoms with Crippen LogP contribution < -0.4 is 10.6 Å². The van der Waals surface area contributed by atoms with Gasteiger partial charge in [0.05, 0.1) is 0 Å². The van der Waals surface area contributed by atoms with E-state index in [0.29, 0.717) is 12.1 Å². The average Bonchev–Trinajstić information content (AvgIpc) is 2.85. The molecule has 2 N–H and O–H groups in total. The van der Waals surface area contributed by atoms with Crippen LogP contribution in [0.4, 0.5) is 0 Å². The van der Waals surface area contributed by atoms with Gasteiger partial charge in [-0.15, -0.1) is 0 Å². The number of nitrogens with zero attached hydrogens (tertiary/aromatic N) is 1. The Kier molecular flexibility index (Phi) is 6.68. The van der Waals surface area contributed by atoms with Crippen molar-refractivity contribution >= 4 is 28.7 Å². The van der Waals surface area contributed by atoms with Gasteiger partial charge in [0.25, 0.3) is 0 Å². The molecule has 0 saturated carbocycles. The Labute approximate surface area is 186 Å². The normalized spacial score (nSPS) is 11.9. The number of nitrogens with one attached hydrogen (secondary N) is 2. The molecule has 0 aliphatic heterocycles. The molecule has 1 atom stereocenters. The Morgan fingerprint density at radius 3 is 2.34 bits per heavy atom. The molecule has 32 heavy (non-hydrogen) atoms. The van der Waals surface area contributed by atoms with Crippen LogP contribution in [0.2, 0.25) is 0 Å². The van der Waals surface area contributed by atoms with Gasteiger partial charge in [-0.25, -0.2) is 0 Å². The van der Waals surface area contributed by atoms with Gasteiger partial charge in [-0.2, -0.15) is 0 Å². The molecule has 0 saturated heterocycles. The van der Waals surface area contributed by atoms with Crippen molar-refractivity contribution in [2.75, 3.05) is 0 Å². The summed E-state index contributed by atoms with van der Waals surface area (Å²) in [5.41, 5.74) is 2.56. The summed E-state index contributed by atoms with van der Waals surface area (Å²) in [5, 5.41) is 7.96. The summed E-state index contributed by atoms with van der Waals surface area (Å²) in [6, 6.07) is 26.1. The second kappa shape index (κ2) is 10.2. The van der Waals surface area contributed by atoms with Crippen molar-refractivity contribution in [3.05, 3.63) is 120 Å². The Morgan fingerprint density at radius 2 is 1.56 bits per heavy atom. The Morgan fingerprint density at radius 1 is 0.844 bits per heavy atom. The highest BCUT2D eigenvalue weighted by atomic mass is 16.2. The van der Waals surface area contributed by atoms with E-state index >= 15 is 0 Å². The number of pyridine rings is 1. The maximum Gasteiger partial charge on any atom is 0.247 e. The summed E-state index contributed by atoms with van der Waals surface area (Å²) >= 11 is 0. The predicted molar refractivity (Wildman–Crippen MR) is 126 cm³/mol. The van der Waals surface area contributed by atoms with Crippen molar-refractivity contribution in [3.8, 4) is 0 Å². The zero-order valence-electron chi connectivity index (χ0n) is 17.4. The number of amides is 2. The molecule has 0 aliphatic rings. The third kappa shape index (κ3) is 5.46. The standard InChI is InChI=1S/C27H23N3O2/c31-25(13-11-20-10-12-22-6-4-5-9-24(22)18-20)30-26(23-7-2-1-3-8-23)27(32)29-19-21-14-16-28-17-15-21/h1-18,26H,19H2,(H,29,32)(H,30,31)/b13-11+. The van der Waals surface area contributed by atoms with Crippen LogP contribution in [0.3, 0.4) is 0 Å². The SMILES string of the molecule is O=C(/C=C/c1ccc2ccccc2c1)NC(C(=O)NCc1ccncc1)c1ccccc1. The molecule has 1 unspecified atom stereocenters. The van der Waals surface area contributed by atoms with Gasteiger partial charge < -0.3 is 10.6 Å². The molecule has 0 aliphatic carbocycles. The average molecular weight is 422 g/mol. The van der Waals surface area contributed by atoms with Gasteiger partial charge >= 0.3 is 0 Å². The monoisotopic (exact) mass is 421 g/mol. The van der Waals surface area contributed by atoms with E-state index in [4.69, 9.17) is 0 Å². The number of benzene rings is 3. The van der Waals surface area contributed by atoms with Crippen LogP contribution in [0, 0.1) is 0 Å². The molecule has 5 heteroatoms. The summed E-state index contributed by atoms with van der Waals surface area (Å²) in [7, 11) is 0. The van der Waals surface area contributed by atoms with E-state index in [2.05, 4.69) is 15.6 Å². The van der Waals surface area contributed by atoms with Crippen molar-refractivity contribution in [2.24, 2.45) is 0 Å². The molecule has 2 amide bonds. The highest BCUT2D eigenvalue weighted by molar-refractivity contribution is 5.96. The zero-order valence-corrected chi connectivity index (χ0v) is 17.4. The maximum absolute atomic E-state index is 12.9. The quantitative estimate of drug-likeness (QED) is 0.434. The molecule has 5 nitrogen and oxygen atoms in total. The van der Waals surface area contributed by atoms with E-state index in [0.717, 1.165) is 21.9 Å². The van der Waals surface area contributed by atoms with Crippen LogP contribution in [0.15, 0.2) is 103 Å². The summed E-state index contributed by atoms with van der Waals surface area (Å²) in [4.78, 5) is 29.5. The number of carbonyl (C=O) groups is 2. The second-order valence-electron chi connectivity index (χ2n) is 7.37. The van der Waals surface area contributed by atoms with Crippen molar-refractivity contribution in [1.29, 1.82) is 0 Å². The van der Waals surface area contributed by atoms with Crippen LogP contribution in [0.5, 0.6) is 0 Å². The van der Waals surface area contributed by atoms with Crippen molar-refractivity contribution in [2.45, 2.75) is 12.6 Å². The minimum atomic E-state index is -0.799. The van der Waals surface area contributed by atoms with Crippen molar-refractivity contribution in [1.82, 2.24) is 15.6 Å². The summed E-state index contributed by atoms with van der Waals surface area (Å²) in [6.45, 7) is 0.355. The van der Waals surface area contributed by atoms with E-state index in [1.165, 1.54) is 6.08 Å². The second-order valence-corrected chi connectivity index (χ2v) is 7.37. The van der Waals surface area contributed by atoms with Gasteiger partial charge in [0.2, 0.25) is 11.8 Å².